The molecular weight excluding hydrogens is 443 g/mol. The molecule has 0 bridgehead atoms. The monoisotopic (exact) mass is 463 g/mol. The lowest BCUT2D eigenvalue weighted by Gasteiger charge is -2.29. The van der Waals surface area contributed by atoms with Gasteiger partial charge in [-0.2, -0.15) is 13.2 Å². The third-order valence-corrected chi connectivity index (χ3v) is 5.45. The minimum Gasteiger partial charge on any atom is -0.493 e. The summed E-state index contributed by atoms with van der Waals surface area (Å²) < 4.78 is 60.5. The molecule has 33 heavy (non-hydrogen) atoms. The van der Waals surface area contributed by atoms with Crippen LogP contribution in [0.1, 0.15) is 16.7 Å². The fraction of sp³-hybridized carbons (Fsp3) is 0.304. The van der Waals surface area contributed by atoms with Crippen LogP contribution in [0.3, 0.4) is 0 Å². The van der Waals surface area contributed by atoms with E-state index in [-0.39, 0.29) is 29.2 Å². The molecule has 10 heteroatoms. The van der Waals surface area contributed by atoms with E-state index in [1.165, 1.54) is 19.2 Å². The van der Waals surface area contributed by atoms with E-state index in [2.05, 4.69) is 0 Å². The fourth-order valence-electron chi connectivity index (χ4n) is 3.80. The van der Waals surface area contributed by atoms with E-state index in [9.17, 15) is 22.8 Å². The van der Waals surface area contributed by atoms with Gasteiger partial charge >= 0.3 is 11.8 Å². The minimum atomic E-state index is -4.70. The summed E-state index contributed by atoms with van der Waals surface area (Å²) in [7, 11) is 3.09. The molecule has 1 aliphatic rings. The van der Waals surface area contributed by atoms with Gasteiger partial charge in [-0.05, 0) is 41.8 Å². The van der Waals surface area contributed by atoms with E-state index < -0.39 is 17.4 Å². The third-order valence-electron chi connectivity index (χ3n) is 5.45. The molecule has 1 aromatic heterocycles. The predicted molar refractivity (Wildman–Crippen MR) is 112 cm³/mol. The van der Waals surface area contributed by atoms with Crippen molar-refractivity contribution in [2.24, 2.45) is 0 Å². The first-order chi connectivity index (χ1) is 15.7. The highest BCUT2D eigenvalue weighted by Gasteiger charge is 2.34. The molecule has 0 aliphatic carbocycles. The number of amides is 1. The van der Waals surface area contributed by atoms with Crippen LogP contribution in [0.2, 0.25) is 0 Å². The van der Waals surface area contributed by atoms with E-state index in [1.807, 2.05) is 12.1 Å². The molecule has 3 aromatic rings. The molecule has 1 aliphatic heterocycles. The highest BCUT2D eigenvalue weighted by Crippen LogP contribution is 2.35. The number of halogens is 3. The van der Waals surface area contributed by atoms with Crippen molar-refractivity contribution >= 4 is 16.9 Å². The zero-order valence-electron chi connectivity index (χ0n) is 17.8. The Balaban J connectivity index is 1.48. The summed E-state index contributed by atoms with van der Waals surface area (Å²) in [6, 6.07) is 7.75. The van der Waals surface area contributed by atoms with Gasteiger partial charge in [-0.25, -0.2) is 4.79 Å². The molecule has 2 heterocycles. The van der Waals surface area contributed by atoms with Gasteiger partial charge in [0.25, 0.3) is 5.91 Å². The number of methoxy groups -OCH3 is 2. The summed E-state index contributed by atoms with van der Waals surface area (Å²) >= 11 is 0. The summed E-state index contributed by atoms with van der Waals surface area (Å²) in [5, 5.41) is -0.266. The van der Waals surface area contributed by atoms with E-state index in [0.29, 0.717) is 37.1 Å². The summed E-state index contributed by atoms with van der Waals surface area (Å²) in [5.74, 6) is 1.01. The van der Waals surface area contributed by atoms with Gasteiger partial charge in [0.15, 0.2) is 18.1 Å². The molecule has 174 valence electrons. The Labute approximate surface area is 186 Å². The Morgan fingerprint density at radius 3 is 2.42 bits per heavy atom. The SMILES string of the molecule is COc1cc2c(cc1OC)CN(C(=O)COc1ccc3c(C(F)(F)F)cc(=O)oc3c1)CC2. The summed E-state index contributed by atoms with van der Waals surface area (Å²) in [6.45, 7) is 0.517. The molecule has 1 amide bonds. The molecule has 7 nitrogen and oxygen atoms in total. The quantitative estimate of drug-likeness (QED) is 0.536. The molecule has 0 radical (unpaired) electrons. The average Bonchev–Trinajstić information content (AvgIpc) is 2.79. The number of ether oxygens (including phenoxy) is 3. The van der Waals surface area contributed by atoms with Crippen LogP contribution in [-0.4, -0.2) is 38.2 Å². The van der Waals surface area contributed by atoms with Crippen molar-refractivity contribution in [3.63, 3.8) is 0 Å². The molecule has 0 N–H and O–H groups in total. The maximum absolute atomic E-state index is 13.2. The highest BCUT2D eigenvalue weighted by atomic mass is 19.4. The van der Waals surface area contributed by atoms with Crippen LogP contribution < -0.4 is 19.8 Å². The molecule has 0 atom stereocenters. The number of alkyl halides is 3. The lowest BCUT2D eigenvalue weighted by molar-refractivity contribution is -0.136. The van der Waals surface area contributed by atoms with Crippen molar-refractivity contribution < 1.29 is 36.6 Å². The number of fused-ring (bicyclic) bond motifs is 2. The van der Waals surface area contributed by atoms with Gasteiger partial charge in [0.05, 0.1) is 19.8 Å². The molecule has 4 rings (SSSR count). The van der Waals surface area contributed by atoms with Crippen LogP contribution in [-0.2, 0) is 23.9 Å². The zero-order valence-corrected chi connectivity index (χ0v) is 17.8. The Kier molecular flexibility index (Phi) is 5.92. The van der Waals surface area contributed by atoms with E-state index in [0.717, 1.165) is 17.2 Å². The van der Waals surface area contributed by atoms with Crippen molar-refractivity contribution in [2.75, 3.05) is 27.4 Å². The molecule has 0 saturated carbocycles. The third kappa shape index (κ3) is 4.59. The molecule has 2 aromatic carbocycles. The molecule has 0 fully saturated rings. The summed E-state index contributed by atoms with van der Waals surface area (Å²) in [6.07, 6.45) is -4.08. The van der Waals surface area contributed by atoms with Crippen LogP contribution in [0, 0.1) is 0 Å². The average molecular weight is 463 g/mol. The fourth-order valence-corrected chi connectivity index (χ4v) is 3.80. The van der Waals surface area contributed by atoms with E-state index >= 15 is 0 Å². The van der Waals surface area contributed by atoms with Crippen molar-refractivity contribution in [1.82, 2.24) is 4.90 Å². The molecule has 0 saturated heterocycles. The van der Waals surface area contributed by atoms with Crippen LogP contribution in [0.25, 0.3) is 11.0 Å². The van der Waals surface area contributed by atoms with Gasteiger partial charge in [0, 0.05) is 30.6 Å². The number of rotatable bonds is 5. The lowest BCUT2D eigenvalue weighted by atomic mass is 9.99. The zero-order chi connectivity index (χ0) is 23.8. The van der Waals surface area contributed by atoms with E-state index in [1.54, 1.807) is 12.0 Å². The van der Waals surface area contributed by atoms with Gasteiger partial charge in [0.1, 0.15) is 11.3 Å². The first-order valence-corrected chi connectivity index (χ1v) is 9.99. The van der Waals surface area contributed by atoms with E-state index in [4.69, 9.17) is 18.6 Å². The topological polar surface area (TPSA) is 78.2 Å². The maximum Gasteiger partial charge on any atom is 0.417 e. The summed E-state index contributed by atoms with van der Waals surface area (Å²) in [4.78, 5) is 25.8. The number of nitrogens with zero attached hydrogens (tertiary/aromatic N) is 1. The second-order valence-electron chi connectivity index (χ2n) is 7.46. The second kappa shape index (κ2) is 8.68. The van der Waals surface area contributed by atoms with Gasteiger partial charge in [0.2, 0.25) is 0 Å². The number of carbonyl (C=O) groups excluding carboxylic acids is 1. The van der Waals surface area contributed by atoms with Crippen LogP contribution >= 0.6 is 0 Å². The van der Waals surface area contributed by atoms with Gasteiger partial charge in [-0.1, -0.05) is 0 Å². The first-order valence-electron chi connectivity index (χ1n) is 9.99. The molecule has 0 unspecified atom stereocenters. The van der Waals surface area contributed by atoms with Gasteiger partial charge in [-0.3, -0.25) is 4.79 Å². The van der Waals surface area contributed by atoms with Gasteiger partial charge < -0.3 is 23.5 Å². The van der Waals surface area contributed by atoms with Crippen molar-refractivity contribution in [3.8, 4) is 17.2 Å². The van der Waals surface area contributed by atoms with Crippen LogP contribution in [0.5, 0.6) is 17.2 Å². The van der Waals surface area contributed by atoms with Crippen molar-refractivity contribution in [3.05, 3.63) is 63.5 Å². The Morgan fingerprint density at radius 1 is 1.06 bits per heavy atom. The lowest BCUT2D eigenvalue weighted by Crippen LogP contribution is -2.38. The minimum absolute atomic E-state index is 0.113. The first kappa shape index (κ1) is 22.5. The Hall–Kier alpha value is -3.69. The number of benzene rings is 2. The number of hydrogen-bond donors (Lipinski definition) is 0. The normalized spacial score (nSPS) is 13.5. The van der Waals surface area contributed by atoms with Crippen LogP contribution in [0.15, 0.2) is 45.6 Å². The van der Waals surface area contributed by atoms with Crippen molar-refractivity contribution in [1.29, 1.82) is 0 Å². The number of hydrogen-bond acceptors (Lipinski definition) is 6. The Bertz CT molecular complexity index is 1270. The molecule has 0 spiro atoms. The Morgan fingerprint density at radius 2 is 1.76 bits per heavy atom. The predicted octanol–water partition coefficient (Wildman–Crippen LogP) is 3.79. The van der Waals surface area contributed by atoms with Gasteiger partial charge in [-0.15, -0.1) is 0 Å². The second-order valence-corrected chi connectivity index (χ2v) is 7.46. The van der Waals surface area contributed by atoms with Crippen molar-refractivity contribution in [2.45, 2.75) is 19.1 Å². The largest absolute Gasteiger partial charge is 0.493 e. The standard InChI is InChI=1S/C23H20F3NO6/c1-30-19-7-13-5-6-27(11-14(13)8-20(19)31-2)21(28)12-32-15-3-4-16-17(23(24,25)26)10-22(29)33-18(16)9-15/h3-4,7-10H,5-6,11-12H2,1-2H3. The smallest absolute Gasteiger partial charge is 0.417 e. The van der Waals surface area contributed by atoms with Crippen LogP contribution in [0.4, 0.5) is 13.2 Å². The number of carbonyl (C=O) groups is 1. The molecular formula is C23H20F3NO6. The highest BCUT2D eigenvalue weighted by molar-refractivity contribution is 5.82. The summed E-state index contributed by atoms with van der Waals surface area (Å²) in [5.41, 5.74) is -0.493. The maximum atomic E-state index is 13.2.